The van der Waals surface area contributed by atoms with Gasteiger partial charge in [-0.3, -0.25) is 4.79 Å². The minimum Gasteiger partial charge on any atom is -0.465 e. The number of amides is 1. The van der Waals surface area contributed by atoms with Crippen LogP contribution in [0.5, 0.6) is 0 Å². The van der Waals surface area contributed by atoms with Crippen molar-refractivity contribution >= 4 is 55.7 Å². The topological polar surface area (TPSA) is 81.4 Å². The fourth-order valence-corrected chi connectivity index (χ4v) is 4.06. The number of furan rings is 1. The number of aromatic nitrogens is 1. The maximum Gasteiger partial charge on any atom is 0.350 e. The highest BCUT2D eigenvalue weighted by atomic mass is 79.9. The zero-order chi connectivity index (χ0) is 20.5. The summed E-state index contributed by atoms with van der Waals surface area (Å²) >= 11 is 4.65. The molecule has 6 nitrogen and oxygen atoms in total. The number of benzene rings is 1. The van der Waals surface area contributed by atoms with Crippen LogP contribution in [0.15, 0.2) is 56.7 Å². The zero-order valence-corrected chi connectivity index (χ0v) is 17.9. The van der Waals surface area contributed by atoms with E-state index in [0.29, 0.717) is 38.5 Å². The van der Waals surface area contributed by atoms with Crippen molar-refractivity contribution in [3.63, 3.8) is 0 Å². The average Bonchev–Trinajstić information content (AvgIpc) is 3.35. The number of carbonyl (C=O) groups excluding carboxylic acids is 2. The Balaban J connectivity index is 1.81. The number of carbonyl (C=O) groups is 2. The van der Waals surface area contributed by atoms with Gasteiger partial charge in [0.15, 0.2) is 5.76 Å². The van der Waals surface area contributed by atoms with Crippen LogP contribution >= 0.6 is 27.3 Å². The highest BCUT2D eigenvalue weighted by Crippen LogP contribution is 2.30. The highest BCUT2D eigenvalue weighted by Gasteiger charge is 2.20. The average molecular weight is 471 g/mol. The molecule has 0 unspecified atom stereocenters. The van der Waals surface area contributed by atoms with E-state index in [-0.39, 0.29) is 5.91 Å². The van der Waals surface area contributed by atoms with Gasteiger partial charge in [0, 0.05) is 9.86 Å². The second-order valence-corrected chi connectivity index (χ2v) is 8.07. The summed E-state index contributed by atoms with van der Waals surface area (Å²) in [7, 11) is 1.30. The molecule has 146 valence electrons. The number of fused-ring (bicyclic) bond motifs is 1. The van der Waals surface area contributed by atoms with E-state index < -0.39 is 5.97 Å². The molecule has 0 atom stereocenters. The van der Waals surface area contributed by atoms with Crippen molar-refractivity contribution in [2.45, 2.75) is 6.92 Å². The van der Waals surface area contributed by atoms with E-state index in [1.165, 1.54) is 18.4 Å². The molecule has 0 aliphatic rings. The van der Waals surface area contributed by atoms with E-state index in [1.54, 1.807) is 17.5 Å². The number of anilines is 1. The fourth-order valence-electron chi connectivity index (χ4n) is 2.93. The van der Waals surface area contributed by atoms with Crippen LogP contribution in [0.2, 0.25) is 0 Å². The number of halogens is 1. The number of pyridine rings is 1. The number of nitrogens with one attached hydrogen (secondary N) is 1. The molecule has 1 aromatic carbocycles. The van der Waals surface area contributed by atoms with Gasteiger partial charge in [-0.2, -0.15) is 0 Å². The molecule has 3 heterocycles. The number of aryl methyl sites for hydroxylation is 1. The summed E-state index contributed by atoms with van der Waals surface area (Å²) in [5, 5.41) is 5.22. The Morgan fingerprint density at radius 1 is 1.17 bits per heavy atom. The normalized spacial score (nSPS) is 10.9. The maximum absolute atomic E-state index is 13.2. The molecular weight excluding hydrogens is 456 g/mol. The first-order valence-electron chi connectivity index (χ1n) is 8.60. The van der Waals surface area contributed by atoms with Crippen LogP contribution < -0.4 is 5.32 Å². The Hall–Kier alpha value is -2.97. The van der Waals surface area contributed by atoms with Gasteiger partial charge in [-0.05, 0) is 54.8 Å². The SMILES string of the molecule is COC(=O)c1sccc1NC(=O)c1cc(-c2ccc(C)o2)nc2ccc(Br)cc12. The minimum absolute atomic E-state index is 0.335. The Bertz CT molecular complexity index is 1240. The lowest BCUT2D eigenvalue weighted by Crippen LogP contribution is -2.15. The summed E-state index contributed by atoms with van der Waals surface area (Å²) in [6.45, 7) is 1.85. The number of esters is 1. The van der Waals surface area contributed by atoms with E-state index in [4.69, 9.17) is 9.15 Å². The third kappa shape index (κ3) is 3.81. The number of ether oxygens (including phenoxy) is 1. The molecule has 0 spiro atoms. The lowest BCUT2D eigenvalue weighted by atomic mass is 10.1. The second kappa shape index (κ2) is 7.81. The predicted molar refractivity (Wildman–Crippen MR) is 115 cm³/mol. The number of hydrogen-bond donors (Lipinski definition) is 1. The van der Waals surface area contributed by atoms with Crippen molar-refractivity contribution in [2.24, 2.45) is 0 Å². The van der Waals surface area contributed by atoms with Gasteiger partial charge in [-0.15, -0.1) is 11.3 Å². The molecule has 0 saturated carbocycles. The smallest absolute Gasteiger partial charge is 0.350 e. The van der Waals surface area contributed by atoms with Crippen molar-refractivity contribution in [1.82, 2.24) is 4.98 Å². The van der Waals surface area contributed by atoms with E-state index in [2.05, 4.69) is 26.2 Å². The van der Waals surface area contributed by atoms with E-state index in [9.17, 15) is 9.59 Å². The van der Waals surface area contributed by atoms with Crippen LogP contribution in [-0.4, -0.2) is 24.0 Å². The van der Waals surface area contributed by atoms with Crippen LogP contribution in [-0.2, 0) is 4.74 Å². The molecule has 0 radical (unpaired) electrons. The molecule has 0 aliphatic heterocycles. The van der Waals surface area contributed by atoms with Gasteiger partial charge < -0.3 is 14.5 Å². The van der Waals surface area contributed by atoms with E-state index in [0.717, 1.165) is 10.2 Å². The van der Waals surface area contributed by atoms with Gasteiger partial charge in [-0.1, -0.05) is 15.9 Å². The minimum atomic E-state index is -0.496. The standard InChI is InChI=1S/C21H15BrN2O4S/c1-11-3-6-18(28-11)17-10-14(13-9-12(22)4-5-15(13)23-17)20(25)24-16-7-8-29-19(16)21(26)27-2/h3-10H,1-2H3,(H,24,25). The van der Waals surface area contributed by atoms with Crippen LogP contribution in [0.4, 0.5) is 5.69 Å². The Morgan fingerprint density at radius 2 is 2.00 bits per heavy atom. The summed E-state index contributed by atoms with van der Waals surface area (Å²) in [6, 6.07) is 12.6. The van der Waals surface area contributed by atoms with Crippen molar-refractivity contribution in [3.8, 4) is 11.5 Å². The molecule has 0 bridgehead atoms. The van der Waals surface area contributed by atoms with Crippen molar-refractivity contribution in [2.75, 3.05) is 12.4 Å². The molecule has 4 rings (SSSR count). The number of methoxy groups -OCH3 is 1. The highest BCUT2D eigenvalue weighted by molar-refractivity contribution is 9.10. The zero-order valence-electron chi connectivity index (χ0n) is 15.5. The Kier molecular flexibility index (Phi) is 5.21. The molecule has 3 aromatic heterocycles. The molecule has 1 amide bonds. The van der Waals surface area contributed by atoms with Crippen LogP contribution in [0.3, 0.4) is 0 Å². The summed E-state index contributed by atoms with van der Waals surface area (Å²) in [4.78, 5) is 30.0. The number of nitrogens with zero attached hydrogens (tertiary/aromatic N) is 1. The molecule has 0 fully saturated rings. The lowest BCUT2D eigenvalue weighted by Gasteiger charge is -2.10. The number of rotatable bonds is 4. The molecule has 8 heteroatoms. The first-order chi connectivity index (χ1) is 14.0. The van der Waals surface area contributed by atoms with Gasteiger partial charge in [-0.25, -0.2) is 9.78 Å². The third-order valence-electron chi connectivity index (χ3n) is 4.29. The van der Waals surface area contributed by atoms with Crippen LogP contribution in [0.25, 0.3) is 22.4 Å². The summed E-state index contributed by atoms with van der Waals surface area (Å²) < 4.78 is 11.3. The largest absolute Gasteiger partial charge is 0.465 e. The van der Waals surface area contributed by atoms with E-state index in [1.807, 2.05) is 37.3 Å². The van der Waals surface area contributed by atoms with E-state index >= 15 is 0 Å². The molecule has 1 N–H and O–H groups in total. The monoisotopic (exact) mass is 470 g/mol. The first kappa shape index (κ1) is 19.4. The predicted octanol–water partition coefficient (Wildman–Crippen LogP) is 5.67. The van der Waals surface area contributed by atoms with Crippen LogP contribution in [0, 0.1) is 6.92 Å². The maximum atomic E-state index is 13.2. The summed E-state index contributed by atoms with van der Waals surface area (Å²) in [5.74, 6) is 0.477. The van der Waals surface area contributed by atoms with Gasteiger partial charge in [0.05, 0.1) is 23.9 Å². The van der Waals surface area contributed by atoms with Gasteiger partial charge in [0.2, 0.25) is 0 Å². The fraction of sp³-hybridized carbons (Fsp3) is 0.0952. The lowest BCUT2D eigenvalue weighted by molar-refractivity contribution is 0.0607. The summed E-state index contributed by atoms with van der Waals surface area (Å²) in [5.41, 5.74) is 2.03. The van der Waals surface area contributed by atoms with Gasteiger partial charge in [0.25, 0.3) is 5.91 Å². The Morgan fingerprint density at radius 3 is 2.72 bits per heavy atom. The van der Waals surface area contributed by atoms with Gasteiger partial charge in [0.1, 0.15) is 16.3 Å². The Labute approximate surface area is 178 Å². The second-order valence-electron chi connectivity index (χ2n) is 6.24. The summed E-state index contributed by atoms with van der Waals surface area (Å²) in [6.07, 6.45) is 0. The molecule has 0 aliphatic carbocycles. The quantitative estimate of drug-likeness (QED) is 0.388. The van der Waals surface area contributed by atoms with Gasteiger partial charge >= 0.3 is 5.97 Å². The third-order valence-corrected chi connectivity index (χ3v) is 5.68. The van der Waals surface area contributed by atoms with Crippen molar-refractivity contribution in [3.05, 3.63) is 68.5 Å². The molecule has 29 heavy (non-hydrogen) atoms. The first-order valence-corrected chi connectivity index (χ1v) is 10.3. The number of thiophene rings is 1. The molecular formula is C21H15BrN2O4S. The molecule has 0 saturated heterocycles. The van der Waals surface area contributed by atoms with Crippen molar-refractivity contribution < 1.29 is 18.7 Å². The molecule has 4 aromatic rings. The van der Waals surface area contributed by atoms with Crippen molar-refractivity contribution in [1.29, 1.82) is 0 Å². The number of hydrogen-bond acceptors (Lipinski definition) is 6. The van der Waals surface area contributed by atoms with Crippen LogP contribution in [0.1, 0.15) is 25.8 Å².